The zero-order valence-corrected chi connectivity index (χ0v) is 11.2. The second-order valence-electron chi connectivity index (χ2n) is 4.90. The molecule has 1 saturated heterocycles. The van der Waals surface area contributed by atoms with Gasteiger partial charge in [-0.25, -0.2) is 0 Å². The Balaban J connectivity index is 2.03. The van der Waals surface area contributed by atoms with Crippen LogP contribution in [-0.2, 0) is 4.79 Å². The van der Waals surface area contributed by atoms with E-state index in [1.54, 1.807) is 4.90 Å². The predicted molar refractivity (Wildman–Crippen MR) is 72.1 cm³/mol. The van der Waals surface area contributed by atoms with Crippen molar-refractivity contribution in [2.24, 2.45) is 0 Å². The number of carbonyl (C=O) groups excluding carboxylic acids is 1. The van der Waals surface area contributed by atoms with Crippen molar-refractivity contribution in [2.75, 3.05) is 31.6 Å². The monoisotopic (exact) mass is 248 g/mol. The van der Waals surface area contributed by atoms with Crippen LogP contribution in [0.15, 0.2) is 24.3 Å². The molecule has 1 fully saturated rings. The van der Waals surface area contributed by atoms with Crippen LogP contribution in [-0.4, -0.2) is 43.6 Å². The van der Waals surface area contributed by atoms with Crippen molar-refractivity contribution in [1.82, 2.24) is 4.90 Å². The molecule has 0 aromatic heterocycles. The van der Waals surface area contributed by atoms with E-state index in [-0.39, 0.29) is 12.0 Å². The summed E-state index contributed by atoms with van der Waals surface area (Å²) >= 11 is 0. The SMILES string of the molecule is CC(C)Oc1ccc(N2CCN(C)C(=O)C2)cc1. The average Bonchev–Trinajstić information content (AvgIpc) is 2.33. The van der Waals surface area contributed by atoms with Gasteiger partial charge in [-0.1, -0.05) is 0 Å². The van der Waals surface area contributed by atoms with E-state index >= 15 is 0 Å². The first kappa shape index (κ1) is 12.7. The Bertz CT molecular complexity index is 414. The number of amides is 1. The number of nitrogens with zero attached hydrogens (tertiary/aromatic N) is 2. The molecular formula is C14H20N2O2. The topological polar surface area (TPSA) is 32.8 Å². The molecule has 1 aromatic carbocycles. The lowest BCUT2D eigenvalue weighted by Crippen LogP contribution is -2.48. The summed E-state index contributed by atoms with van der Waals surface area (Å²) < 4.78 is 5.60. The third-order valence-electron chi connectivity index (χ3n) is 3.03. The third-order valence-corrected chi connectivity index (χ3v) is 3.03. The maximum Gasteiger partial charge on any atom is 0.241 e. The first-order chi connectivity index (χ1) is 8.56. The maximum atomic E-state index is 11.6. The molecule has 0 saturated carbocycles. The lowest BCUT2D eigenvalue weighted by atomic mass is 10.2. The molecule has 4 nitrogen and oxygen atoms in total. The largest absolute Gasteiger partial charge is 0.491 e. The molecule has 98 valence electrons. The van der Waals surface area contributed by atoms with E-state index in [9.17, 15) is 4.79 Å². The summed E-state index contributed by atoms with van der Waals surface area (Å²) in [5.41, 5.74) is 1.08. The summed E-state index contributed by atoms with van der Waals surface area (Å²) in [4.78, 5) is 15.5. The number of carbonyl (C=O) groups is 1. The van der Waals surface area contributed by atoms with E-state index in [0.29, 0.717) is 6.54 Å². The highest BCUT2D eigenvalue weighted by Crippen LogP contribution is 2.21. The van der Waals surface area contributed by atoms with Gasteiger partial charge in [0.05, 0.1) is 12.6 Å². The number of piperazine rings is 1. The van der Waals surface area contributed by atoms with Gasteiger partial charge in [-0.15, -0.1) is 0 Å². The summed E-state index contributed by atoms with van der Waals surface area (Å²) in [6.07, 6.45) is 0.182. The van der Waals surface area contributed by atoms with Gasteiger partial charge in [0.2, 0.25) is 5.91 Å². The second-order valence-corrected chi connectivity index (χ2v) is 4.90. The van der Waals surface area contributed by atoms with Crippen LogP contribution in [0.4, 0.5) is 5.69 Å². The van der Waals surface area contributed by atoms with Crippen LogP contribution in [0.2, 0.25) is 0 Å². The van der Waals surface area contributed by atoms with E-state index < -0.39 is 0 Å². The molecule has 0 unspecified atom stereocenters. The Morgan fingerprint density at radius 3 is 2.39 bits per heavy atom. The van der Waals surface area contributed by atoms with Gasteiger partial charge in [0.15, 0.2) is 0 Å². The van der Waals surface area contributed by atoms with Crippen molar-refractivity contribution in [2.45, 2.75) is 20.0 Å². The summed E-state index contributed by atoms with van der Waals surface area (Å²) in [5, 5.41) is 0. The van der Waals surface area contributed by atoms with E-state index in [2.05, 4.69) is 4.90 Å². The van der Waals surface area contributed by atoms with Gasteiger partial charge in [-0.05, 0) is 38.1 Å². The fourth-order valence-electron chi connectivity index (χ4n) is 1.99. The van der Waals surface area contributed by atoms with Gasteiger partial charge in [0.25, 0.3) is 0 Å². The molecule has 0 N–H and O–H groups in total. The van der Waals surface area contributed by atoms with Crippen molar-refractivity contribution >= 4 is 11.6 Å². The van der Waals surface area contributed by atoms with E-state index in [1.807, 2.05) is 45.2 Å². The van der Waals surface area contributed by atoms with Crippen LogP contribution in [0.1, 0.15) is 13.8 Å². The first-order valence-corrected chi connectivity index (χ1v) is 6.32. The van der Waals surface area contributed by atoms with Crippen molar-refractivity contribution < 1.29 is 9.53 Å². The molecular weight excluding hydrogens is 228 g/mol. The molecule has 0 bridgehead atoms. The standard InChI is InChI=1S/C14H20N2O2/c1-11(2)18-13-6-4-12(5-7-13)16-9-8-15(3)14(17)10-16/h4-7,11H,8-10H2,1-3H3. The van der Waals surface area contributed by atoms with Crippen LogP contribution in [0.25, 0.3) is 0 Å². The number of hydrogen-bond donors (Lipinski definition) is 0. The van der Waals surface area contributed by atoms with Gasteiger partial charge in [-0.2, -0.15) is 0 Å². The van der Waals surface area contributed by atoms with Crippen molar-refractivity contribution in [3.8, 4) is 5.75 Å². The highest BCUT2D eigenvalue weighted by Gasteiger charge is 2.20. The zero-order valence-electron chi connectivity index (χ0n) is 11.2. The Hall–Kier alpha value is -1.71. The number of rotatable bonds is 3. The predicted octanol–water partition coefficient (Wildman–Crippen LogP) is 1.75. The lowest BCUT2D eigenvalue weighted by Gasteiger charge is -2.33. The minimum Gasteiger partial charge on any atom is -0.491 e. The van der Waals surface area contributed by atoms with Gasteiger partial charge < -0.3 is 14.5 Å². The highest BCUT2D eigenvalue weighted by molar-refractivity contribution is 5.82. The summed E-state index contributed by atoms with van der Waals surface area (Å²) in [7, 11) is 1.85. The summed E-state index contributed by atoms with van der Waals surface area (Å²) in [6, 6.07) is 7.93. The van der Waals surface area contributed by atoms with Crippen molar-refractivity contribution in [3.05, 3.63) is 24.3 Å². The molecule has 1 heterocycles. The van der Waals surface area contributed by atoms with Gasteiger partial charge in [0.1, 0.15) is 5.75 Å². The molecule has 0 aliphatic carbocycles. The summed E-state index contributed by atoms with van der Waals surface area (Å²) in [5.74, 6) is 1.04. The van der Waals surface area contributed by atoms with E-state index in [1.165, 1.54) is 0 Å². The fraction of sp³-hybridized carbons (Fsp3) is 0.500. The van der Waals surface area contributed by atoms with Gasteiger partial charge >= 0.3 is 0 Å². The van der Waals surface area contributed by atoms with Crippen LogP contribution in [0, 0.1) is 0 Å². The van der Waals surface area contributed by atoms with E-state index in [0.717, 1.165) is 24.5 Å². The van der Waals surface area contributed by atoms with Crippen LogP contribution in [0.3, 0.4) is 0 Å². The van der Waals surface area contributed by atoms with E-state index in [4.69, 9.17) is 4.74 Å². The number of likely N-dealkylation sites (N-methyl/N-ethyl adjacent to an activating group) is 1. The molecule has 2 rings (SSSR count). The van der Waals surface area contributed by atoms with Crippen LogP contribution in [0.5, 0.6) is 5.75 Å². The molecule has 1 amide bonds. The molecule has 1 aliphatic heterocycles. The average molecular weight is 248 g/mol. The Kier molecular flexibility index (Phi) is 3.75. The molecule has 1 aromatic rings. The maximum absolute atomic E-state index is 11.6. The zero-order chi connectivity index (χ0) is 13.1. The highest BCUT2D eigenvalue weighted by atomic mass is 16.5. The smallest absolute Gasteiger partial charge is 0.241 e. The quantitative estimate of drug-likeness (QED) is 0.817. The molecule has 18 heavy (non-hydrogen) atoms. The number of hydrogen-bond acceptors (Lipinski definition) is 3. The molecule has 0 radical (unpaired) electrons. The Morgan fingerprint density at radius 1 is 1.17 bits per heavy atom. The molecule has 1 aliphatic rings. The normalized spacial score (nSPS) is 16.3. The van der Waals surface area contributed by atoms with Gasteiger partial charge in [0, 0.05) is 25.8 Å². The lowest BCUT2D eigenvalue weighted by molar-refractivity contribution is -0.129. The Labute approximate surface area is 108 Å². The van der Waals surface area contributed by atoms with Crippen LogP contribution < -0.4 is 9.64 Å². The number of benzene rings is 1. The number of anilines is 1. The molecule has 0 atom stereocenters. The molecule has 0 spiro atoms. The Morgan fingerprint density at radius 2 is 1.83 bits per heavy atom. The minimum atomic E-state index is 0.170. The van der Waals surface area contributed by atoms with Crippen LogP contribution >= 0.6 is 0 Å². The summed E-state index contributed by atoms with van der Waals surface area (Å²) in [6.45, 7) is 6.14. The first-order valence-electron chi connectivity index (χ1n) is 6.32. The fourth-order valence-corrected chi connectivity index (χ4v) is 1.99. The molecule has 4 heteroatoms. The van der Waals surface area contributed by atoms with Crippen molar-refractivity contribution in [3.63, 3.8) is 0 Å². The third kappa shape index (κ3) is 2.94. The number of ether oxygens (including phenoxy) is 1. The minimum absolute atomic E-state index is 0.170. The second kappa shape index (κ2) is 5.29. The van der Waals surface area contributed by atoms with Gasteiger partial charge in [-0.3, -0.25) is 4.79 Å². The van der Waals surface area contributed by atoms with Crippen molar-refractivity contribution in [1.29, 1.82) is 0 Å².